The number of halogens is 1. The molecule has 0 radical (unpaired) electrons. The fourth-order valence-electron chi connectivity index (χ4n) is 1.99. The van der Waals surface area contributed by atoms with Crippen molar-refractivity contribution in [1.82, 2.24) is 10.2 Å². The predicted octanol–water partition coefficient (Wildman–Crippen LogP) is 2.51. The maximum atomic E-state index is 11.8. The summed E-state index contributed by atoms with van der Waals surface area (Å²) in [6, 6.07) is -0.527. The third-order valence-corrected chi connectivity index (χ3v) is 3.22. The van der Waals surface area contributed by atoms with Crippen LogP contribution in [-0.2, 0) is 4.79 Å². The summed E-state index contributed by atoms with van der Waals surface area (Å²) in [6.07, 6.45) is 5.58. The summed E-state index contributed by atoms with van der Waals surface area (Å²) < 4.78 is 0. The van der Waals surface area contributed by atoms with Gasteiger partial charge >= 0.3 is 6.03 Å². The Morgan fingerprint density at radius 1 is 1.24 bits per heavy atom. The van der Waals surface area contributed by atoms with E-state index in [2.05, 4.69) is 5.32 Å². The number of carbonyl (C=O) groups excluding carboxylic acids is 2. The number of unbranched alkanes of at least 4 members (excludes halogenated alkanes) is 3. The first-order chi connectivity index (χ1) is 8.20. The summed E-state index contributed by atoms with van der Waals surface area (Å²) in [5.41, 5.74) is 0. The molecule has 1 N–H and O–H groups in total. The minimum absolute atomic E-state index is 0.0609. The Bertz CT molecular complexity index is 271. The van der Waals surface area contributed by atoms with Crippen LogP contribution in [0, 0.1) is 0 Å². The fraction of sp³-hybridized carbons (Fsp3) is 0.833. The van der Waals surface area contributed by atoms with Gasteiger partial charge in [-0.3, -0.25) is 9.69 Å². The van der Waals surface area contributed by atoms with Gasteiger partial charge in [-0.15, -0.1) is 11.6 Å². The zero-order valence-corrected chi connectivity index (χ0v) is 11.1. The van der Waals surface area contributed by atoms with Crippen LogP contribution in [0.15, 0.2) is 0 Å². The number of urea groups is 1. The maximum Gasteiger partial charge on any atom is 0.324 e. The molecular weight excluding hydrogens is 240 g/mol. The molecule has 0 aromatic rings. The molecule has 1 aliphatic heterocycles. The van der Waals surface area contributed by atoms with Gasteiger partial charge < -0.3 is 5.32 Å². The second-order valence-corrected chi connectivity index (χ2v) is 4.76. The number of nitrogens with zero attached hydrogens (tertiary/aromatic N) is 1. The number of rotatable bonds is 8. The number of alkyl halides is 1. The number of carbonyl (C=O) groups is 2. The largest absolute Gasteiger partial charge is 0.326 e. The molecule has 17 heavy (non-hydrogen) atoms. The van der Waals surface area contributed by atoms with Gasteiger partial charge in [-0.25, -0.2) is 4.79 Å². The average Bonchev–Trinajstić information content (AvgIpc) is 2.56. The van der Waals surface area contributed by atoms with Gasteiger partial charge in [0.15, 0.2) is 0 Å². The van der Waals surface area contributed by atoms with Crippen molar-refractivity contribution in [3.63, 3.8) is 0 Å². The van der Waals surface area contributed by atoms with E-state index in [0.717, 1.165) is 38.5 Å². The summed E-state index contributed by atoms with van der Waals surface area (Å²) in [4.78, 5) is 24.8. The summed E-state index contributed by atoms with van der Waals surface area (Å²) in [5, 5.41) is 2.72. The van der Waals surface area contributed by atoms with Gasteiger partial charge in [-0.1, -0.05) is 26.2 Å². The van der Waals surface area contributed by atoms with Gasteiger partial charge in [0.05, 0.1) is 0 Å². The molecule has 1 rings (SSSR count). The van der Waals surface area contributed by atoms with Crippen molar-refractivity contribution in [1.29, 1.82) is 0 Å². The first-order valence-electron chi connectivity index (χ1n) is 6.38. The maximum absolute atomic E-state index is 11.8. The molecule has 4 nitrogen and oxygen atoms in total. The highest BCUT2D eigenvalue weighted by Crippen LogP contribution is 2.12. The Morgan fingerprint density at radius 2 is 1.94 bits per heavy atom. The van der Waals surface area contributed by atoms with Crippen molar-refractivity contribution < 1.29 is 9.59 Å². The average molecular weight is 261 g/mol. The molecule has 1 heterocycles. The van der Waals surface area contributed by atoms with E-state index in [9.17, 15) is 9.59 Å². The number of hydrogen-bond acceptors (Lipinski definition) is 2. The van der Waals surface area contributed by atoms with Crippen LogP contribution in [0.5, 0.6) is 0 Å². The Morgan fingerprint density at radius 3 is 2.59 bits per heavy atom. The number of imide groups is 1. The molecular formula is C12H21ClN2O2. The molecule has 1 unspecified atom stereocenters. The van der Waals surface area contributed by atoms with Crippen molar-refractivity contribution in [2.45, 2.75) is 51.5 Å². The Hall–Kier alpha value is -0.770. The normalized spacial score (nSPS) is 19.9. The Labute approximate surface area is 108 Å². The first kappa shape index (κ1) is 14.3. The van der Waals surface area contributed by atoms with Crippen LogP contribution in [0.3, 0.4) is 0 Å². The van der Waals surface area contributed by atoms with Crippen molar-refractivity contribution in [2.24, 2.45) is 0 Å². The molecule has 0 aromatic heterocycles. The molecule has 1 saturated heterocycles. The van der Waals surface area contributed by atoms with E-state index in [0.29, 0.717) is 12.4 Å². The summed E-state index contributed by atoms with van der Waals surface area (Å²) in [6.45, 7) is 2.54. The van der Waals surface area contributed by atoms with Crippen molar-refractivity contribution >= 4 is 23.5 Å². The lowest BCUT2D eigenvalue weighted by atomic mass is 10.1. The van der Waals surface area contributed by atoms with Gasteiger partial charge in [0, 0.05) is 12.4 Å². The molecule has 1 atom stereocenters. The van der Waals surface area contributed by atoms with Gasteiger partial charge in [-0.05, 0) is 19.3 Å². The first-order valence-corrected chi connectivity index (χ1v) is 6.92. The van der Waals surface area contributed by atoms with Crippen LogP contribution in [0.2, 0.25) is 0 Å². The molecule has 0 bridgehead atoms. The van der Waals surface area contributed by atoms with Gasteiger partial charge in [0.2, 0.25) is 0 Å². The van der Waals surface area contributed by atoms with E-state index in [1.165, 1.54) is 4.90 Å². The van der Waals surface area contributed by atoms with E-state index in [1.54, 1.807) is 0 Å². The molecule has 1 fully saturated rings. The van der Waals surface area contributed by atoms with E-state index in [-0.39, 0.29) is 18.0 Å². The zero-order valence-electron chi connectivity index (χ0n) is 10.4. The Balaban J connectivity index is 2.28. The molecule has 1 aliphatic rings. The SMILES string of the molecule is CCCC1NC(=O)N(CCCCCCCl)C1=O. The van der Waals surface area contributed by atoms with Crippen LogP contribution in [0.4, 0.5) is 4.79 Å². The van der Waals surface area contributed by atoms with Crippen LogP contribution < -0.4 is 5.32 Å². The minimum atomic E-state index is -0.296. The molecule has 0 aliphatic carbocycles. The predicted molar refractivity (Wildman–Crippen MR) is 68.1 cm³/mol. The molecule has 98 valence electrons. The molecule has 0 spiro atoms. The fourth-order valence-corrected chi connectivity index (χ4v) is 2.18. The van der Waals surface area contributed by atoms with E-state index >= 15 is 0 Å². The van der Waals surface area contributed by atoms with Gasteiger partial charge in [0.1, 0.15) is 6.04 Å². The molecule has 3 amide bonds. The van der Waals surface area contributed by atoms with E-state index < -0.39 is 0 Å². The molecule has 0 aromatic carbocycles. The Kier molecular flexibility index (Phi) is 6.34. The molecule has 5 heteroatoms. The van der Waals surface area contributed by atoms with E-state index in [1.807, 2.05) is 6.92 Å². The highest BCUT2D eigenvalue weighted by atomic mass is 35.5. The van der Waals surface area contributed by atoms with Crippen molar-refractivity contribution in [2.75, 3.05) is 12.4 Å². The highest BCUT2D eigenvalue weighted by molar-refractivity contribution is 6.17. The third-order valence-electron chi connectivity index (χ3n) is 2.95. The van der Waals surface area contributed by atoms with Crippen LogP contribution in [-0.4, -0.2) is 35.3 Å². The van der Waals surface area contributed by atoms with Crippen LogP contribution in [0.25, 0.3) is 0 Å². The number of hydrogen-bond donors (Lipinski definition) is 1. The third kappa shape index (κ3) is 4.19. The second kappa shape index (κ2) is 7.54. The number of amides is 3. The van der Waals surface area contributed by atoms with Crippen molar-refractivity contribution in [3.8, 4) is 0 Å². The molecule has 0 saturated carbocycles. The second-order valence-electron chi connectivity index (χ2n) is 4.38. The number of nitrogens with one attached hydrogen (secondary N) is 1. The van der Waals surface area contributed by atoms with E-state index in [4.69, 9.17) is 11.6 Å². The van der Waals surface area contributed by atoms with Crippen LogP contribution in [0.1, 0.15) is 45.4 Å². The smallest absolute Gasteiger partial charge is 0.324 e. The zero-order chi connectivity index (χ0) is 12.7. The highest BCUT2D eigenvalue weighted by Gasteiger charge is 2.36. The minimum Gasteiger partial charge on any atom is -0.326 e. The van der Waals surface area contributed by atoms with Gasteiger partial charge in [0.25, 0.3) is 5.91 Å². The lowest BCUT2D eigenvalue weighted by molar-refractivity contribution is -0.127. The summed E-state index contributed by atoms with van der Waals surface area (Å²) in [5.74, 6) is 0.621. The summed E-state index contributed by atoms with van der Waals surface area (Å²) in [7, 11) is 0. The van der Waals surface area contributed by atoms with Gasteiger partial charge in [-0.2, -0.15) is 0 Å². The summed E-state index contributed by atoms with van der Waals surface area (Å²) >= 11 is 5.58. The topological polar surface area (TPSA) is 49.4 Å². The van der Waals surface area contributed by atoms with Crippen molar-refractivity contribution in [3.05, 3.63) is 0 Å². The van der Waals surface area contributed by atoms with Crippen LogP contribution >= 0.6 is 11.6 Å². The quantitative estimate of drug-likeness (QED) is 0.414. The lowest BCUT2D eigenvalue weighted by Crippen LogP contribution is -2.32. The lowest BCUT2D eigenvalue weighted by Gasteiger charge is -2.12. The standard InChI is InChI=1S/C12H21ClN2O2/c1-2-7-10-11(16)15(12(17)14-10)9-6-4-3-5-8-13/h10H,2-9H2,1H3,(H,14,17). The monoisotopic (exact) mass is 260 g/mol.